The summed E-state index contributed by atoms with van der Waals surface area (Å²) in [4.78, 5) is 22.4. The van der Waals surface area contributed by atoms with Crippen molar-refractivity contribution in [2.45, 2.75) is 45.1 Å². The zero-order valence-electron chi connectivity index (χ0n) is 17.7. The molecule has 4 aromatic rings. The lowest BCUT2D eigenvalue weighted by Crippen LogP contribution is -2.41. The molecule has 32 heavy (non-hydrogen) atoms. The van der Waals surface area contributed by atoms with E-state index in [1.165, 1.54) is 10.6 Å². The number of hydrogen-bond acceptors (Lipinski definition) is 6. The number of amides is 1. The highest BCUT2D eigenvalue weighted by Crippen LogP contribution is 2.35. The molecule has 1 atom stereocenters. The van der Waals surface area contributed by atoms with Crippen molar-refractivity contribution in [2.24, 2.45) is 0 Å². The van der Waals surface area contributed by atoms with Gasteiger partial charge in [0, 0.05) is 24.1 Å². The lowest BCUT2D eigenvalue weighted by molar-refractivity contribution is 0.0642. The quantitative estimate of drug-likeness (QED) is 0.522. The number of imidazole rings is 1. The number of alkyl halides is 2. The molecule has 0 radical (unpaired) electrons. The molecule has 5 rings (SSSR count). The van der Waals surface area contributed by atoms with Gasteiger partial charge in [-0.2, -0.15) is 5.10 Å². The van der Waals surface area contributed by atoms with Crippen LogP contribution in [0.2, 0.25) is 0 Å². The molecule has 11 heteroatoms. The molecule has 166 valence electrons. The van der Waals surface area contributed by atoms with E-state index in [0.29, 0.717) is 35.8 Å². The average molecular weight is 441 g/mol. The van der Waals surface area contributed by atoms with Gasteiger partial charge in [0.1, 0.15) is 11.7 Å². The van der Waals surface area contributed by atoms with Gasteiger partial charge >= 0.3 is 11.8 Å². The van der Waals surface area contributed by atoms with Crippen molar-refractivity contribution in [3.05, 3.63) is 65.1 Å². The molecule has 9 nitrogen and oxygen atoms in total. The van der Waals surface area contributed by atoms with E-state index in [2.05, 4.69) is 25.3 Å². The Morgan fingerprint density at radius 2 is 2.09 bits per heavy atom. The Kier molecular flexibility index (Phi) is 4.57. The maximum atomic E-state index is 13.5. The molecule has 0 aromatic carbocycles. The monoisotopic (exact) mass is 441 g/mol. The third-order valence-electron chi connectivity index (χ3n) is 5.47. The molecular weight excluding hydrogens is 420 g/mol. The second-order valence-corrected chi connectivity index (χ2v) is 8.74. The number of H-pyrrole nitrogens is 1. The van der Waals surface area contributed by atoms with Crippen molar-refractivity contribution in [3.63, 3.8) is 0 Å². The maximum absolute atomic E-state index is 13.5. The van der Waals surface area contributed by atoms with Gasteiger partial charge < -0.3 is 14.3 Å². The van der Waals surface area contributed by atoms with Crippen molar-refractivity contribution in [1.29, 1.82) is 0 Å². The summed E-state index contributed by atoms with van der Waals surface area (Å²) in [5.41, 5.74) is 1.77. The summed E-state index contributed by atoms with van der Waals surface area (Å²) in [5, 5.41) is 12.4. The Labute approximate surface area is 181 Å². The highest BCUT2D eigenvalue weighted by molar-refractivity contribution is 5.90. The Morgan fingerprint density at radius 1 is 1.28 bits per heavy atom. The number of carbonyl (C=O) groups is 1. The number of rotatable bonds is 3. The normalized spacial score (nSPS) is 16.7. The summed E-state index contributed by atoms with van der Waals surface area (Å²) in [6.07, 6.45) is -0.588. The topological polar surface area (TPSA) is 105 Å². The van der Waals surface area contributed by atoms with E-state index in [1.54, 1.807) is 29.4 Å². The first-order valence-electron chi connectivity index (χ1n) is 10.2. The first-order chi connectivity index (χ1) is 15.2. The zero-order chi connectivity index (χ0) is 22.6. The number of carbonyl (C=O) groups excluding carboxylic acids is 1. The van der Waals surface area contributed by atoms with Gasteiger partial charge in [-0.05, 0) is 18.2 Å². The third kappa shape index (κ3) is 3.24. The summed E-state index contributed by atoms with van der Waals surface area (Å²) in [6, 6.07) is 5.57. The van der Waals surface area contributed by atoms with Crippen molar-refractivity contribution in [2.75, 3.05) is 6.54 Å². The summed E-state index contributed by atoms with van der Waals surface area (Å²) in [5.74, 6) is -0.238. The van der Waals surface area contributed by atoms with Crippen LogP contribution in [0.3, 0.4) is 0 Å². The highest BCUT2D eigenvalue weighted by atomic mass is 19.3. The molecule has 0 fully saturated rings. The molecule has 1 aliphatic heterocycles. The van der Waals surface area contributed by atoms with E-state index in [-0.39, 0.29) is 11.6 Å². The first-order valence-corrected chi connectivity index (χ1v) is 10.2. The smallest absolute Gasteiger partial charge is 0.312 e. The van der Waals surface area contributed by atoms with Gasteiger partial charge in [-0.1, -0.05) is 26.8 Å². The Bertz CT molecular complexity index is 1300. The molecule has 5 heterocycles. The average Bonchev–Trinajstić information content (AvgIpc) is 3.50. The molecule has 0 bridgehead atoms. The number of aromatic nitrogens is 6. The van der Waals surface area contributed by atoms with Crippen LogP contribution in [-0.2, 0) is 11.8 Å². The van der Waals surface area contributed by atoms with Gasteiger partial charge in [0.2, 0.25) is 5.89 Å². The number of nitrogens with zero attached hydrogens (tertiary/aromatic N) is 6. The second-order valence-electron chi connectivity index (χ2n) is 8.74. The maximum Gasteiger partial charge on any atom is 0.312 e. The number of nitrogens with one attached hydrogen (secondary N) is 1. The number of pyridine rings is 1. The van der Waals surface area contributed by atoms with E-state index in [9.17, 15) is 13.6 Å². The Balaban J connectivity index is 1.60. The molecule has 1 aliphatic rings. The molecule has 0 saturated carbocycles. The van der Waals surface area contributed by atoms with Crippen LogP contribution in [0.4, 0.5) is 8.78 Å². The van der Waals surface area contributed by atoms with Crippen LogP contribution in [-0.4, -0.2) is 47.1 Å². The predicted molar refractivity (Wildman–Crippen MR) is 108 cm³/mol. The van der Waals surface area contributed by atoms with Crippen molar-refractivity contribution in [3.8, 4) is 0 Å². The summed E-state index contributed by atoms with van der Waals surface area (Å²) >= 11 is 0. The van der Waals surface area contributed by atoms with Crippen LogP contribution in [0.25, 0.3) is 5.52 Å². The minimum atomic E-state index is -2.69. The Morgan fingerprint density at radius 3 is 2.81 bits per heavy atom. The van der Waals surface area contributed by atoms with Crippen LogP contribution < -0.4 is 0 Å². The minimum Gasteiger partial charge on any atom is -0.416 e. The van der Waals surface area contributed by atoms with Gasteiger partial charge in [-0.25, -0.2) is 18.3 Å². The Hall–Kier alpha value is -3.63. The van der Waals surface area contributed by atoms with Crippen molar-refractivity contribution in [1.82, 2.24) is 34.7 Å². The van der Waals surface area contributed by atoms with Crippen LogP contribution >= 0.6 is 0 Å². The summed E-state index contributed by atoms with van der Waals surface area (Å²) < 4.78 is 33.8. The van der Waals surface area contributed by atoms with Crippen molar-refractivity contribution >= 4 is 11.4 Å². The standard InChI is InChI=1S/C21H21F2N7O2/c1-21(2,3)20-27-26-18(32-20)19(31)29-8-7-12-15(25-10-24-12)16(29)13-9-11-5-4-6-14(17(22)23)30(11)28-13/h4-6,9-10,16-17H,7-8H2,1-3H3,(H,24,25). The van der Waals surface area contributed by atoms with Gasteiger partial charge in [-0.15, -0.1) is 10.2 Å². The fourth-order valence-corrected chi connectivity index (χ4v) is 3.89. The molecule has 1 amide bonds. The molecule has 0 spiro atoms. The molecule has 4 aromatic heterocycles. The number of halogens is 2. The second kappa shape index (κ2) is 7.21. The van der Waals surface area contributed by atoms with E-state index in [0.717, 1.165) is 5.69 Å². The van der Waals surface area contributed by atoms with E-state index < -0.39 is 23.8 Å². The molecular formula is C21H21F2N7O2. The molecule has 0 saturated heterocycles. The van der Waals surface area contributed by atoms with E-state index in [4.69, 9.17) is 4.42 Å². The molecule has 1 unspecified atom stereocenters. The van der Waals surface area contributed by atoms with E-state index in [1.807, 2.05) is 20.8 Å². The molecule has 1 N–H and O–H groups in total. The van der Waals surface area contributed by atoms with Crippen LogP contribution in [0.15, 0.2) is 35.0 Å². The first kappa shape index (κ1) is 20.3. The molecule has 0 aliphatic carbocycles. The predicted octanol–water partition coefficient (Wildman–Crippen LogP) is 3.46. The summed E-state index contributed by atoms with van der Waals surface area (Å²) in [6.45, 7) is 6.07. The third-order valence-corrected chi connectivity index (χ3v) is 5.47. The van der Waals surface area contributed by atoms with Gasteiger partial charge in [0.25, 0.3) is 6.43 Å². The fraction of sp³-hybridized carbons (Fsp3) is 0.381. The lowest BCUT2D eigenvalue weighted by atomic mass is 9.97. The van der Waals surface area contributed by atoms with Crippen LogP contribution in [0.1, 0.15) is 72.6 Å². The van der Waals surface area contributed by atoms with Crippen molar-refractivity contribution < 1.29 is 18.0 Å². The van der Waals surface area contributed by atoms with Gasteiger partial charge in [0.05, 0.1) is 23.2 Å². The number of fused-ring (bicyclic) bond motifs is 2. The number of aromatic amines is 1. The number of hydrogen-bond donors (Lipinski definition) is 1. The lowest BCUT2D eigenvalue weighted by Gasteiger charge is -2.32. The largest absolute Gasteiger partial charge is 0.416 e. The SMILES string of the molecule is CC(C)(C)c1nnc(C(=O)N2CCc3[nH]cnc3C2c2cc3cccc(C(F)F)n3n2)o1. The van der Waals surface area contributed by atoms with Crippen LogP contribution in [0, 0.1) is 0 Å². The van der Waals surface area contributed by atoms with Gasteiger partial charge in [-0.3, -0.25) is 4.79 Å². The van der Waals surface area contributed by atoms with Gasteiger partial charge in [0.15, 0.2) is 0 Å². The van der Waals surface area contributed by atoms with Crippen LogP contribution in [0.5, 0.6) is 0 Å². The zero-order valence-corrected chi connectivity index (χ0v) is 17.7. The highest BCUT2D eigenvalue weighted by Gasteiger charge is 2.38. The van der Waals surface area contributed by atoms with E-state index >= 15 is 0 Å². The fourth-order valence-electron chi connectivity index (χ4n) is 3.89. The minimum absolute atomic E-state index is 0.129. The summed E-state index contributed by atoms with van der Waals surface area (Å²) in [7, 11) is 0.